The highest BCUT2D eigenvalue weighted by Crippen LogP contribution is 2.13. The van der Waals surface area contributed by atoms with E-state index in [0.29, 0.717) is 17.1 Å². The van der Waals surface area contributed by atoms with Crippen LogP contribution in [0.1, 0.15) is 16.1 Å². The van der Waals surface area contributed by atoms with Gasteiger partial charge in [-0.25, -0.2) is 0 Å². The molecule has 1 N–H and O–H groups in total. The molecule has 0 fully saturated rings. The number of ether oxygens (including phenoxy) is 1. The van der Waals surface area contributed by atoms with E-state index >= 15 is 0 Å². The van der Waals surface area contributed by atoms with Crippen molar-refractivity contribution < 1.29 is 9.53 Å². The molecule has 6 heteroatoms. The summed E-state index contributed by atoms with van der Waals surface area (Å²) in [6.07, 6.45) is -0.107. The van der Waals surface area contributed by atoms with Crippen molar-refractivity contribution in [2.24, 2.45) is 0 Å². The van der Waals surface area contributed by atoms with Gasteiger partial charge in [0.25, 0.3) is 5.56 Å². The van der Waals surface area contributed by atoms with Crippen molar-refractivity contribution in [3.63, 3.8) is 0 Å². The number of aromatic nitrogens is 3. The van der Waals surface area contributed by atoms with Crippen LogP contribution in [-0.4, -0.2) is 28.1 Å². The SMILES string of the molecule is COc1ccc(C(=O)Cc2nnc(-c3ccccc3)[nH]c2=O)cc1. The summed E-state index contributed by atoms with van der Waals surface area (Å²) in [7, 11) is 1.56. The van der Waals surface area contributed by atoms with Crippen molar-refractivity contribution in [1.82, 2.24) is 15.2 Å². The first-order chi connectivity index (χ1) is 11.7. The van der Waals surface area contributed by atoms with Gasteiger partial charge in [-0.1, -0.05) is 30.3 Å². The van der Waals surface area contributed by atoms with E-state index in [1.165, 1.54) is 0 Å². The van der Waals surface area contributed by atoms with Crippen molar-refractivity contribution in [2.45, 2.75) is 6.42 Å². The number of hydrogen-bond acceptors (Lipinski definition) is 5. The molecule has 1 heterocycles. The Morgan fingerprint density at radius 1 is 1.04 bits per heavy atom. The van der Waals surface area contributed by atoms with Gasteiger partial charge >= 0.3 is 0 Å². The predicted molar refractivity (Wildman–Crippen MR) is 89.1 cm³/mol. The summed E-state index contributed by atoms with van der Waals surface area (Å²) in [4.78, 5) is 27.1. The number of ketones is 1. The van der Waals surface area contributed by atoms with E-state index in [1.54, 1.807) is 31.4 Å². The van der Waals surface area contributed by atoms with Gasteiger partial charge in [0.2, 0.25) is 0 Å². The van der Waals surface area contributed by atoms with Crippen molar-refractivity contribution >= 4 is 5.78 Å². The average Bonchev–Trinajstić information content (AvgIpc) is 2.64. The third kappa shape index (κ3) is 3.38. The number of Topliss-reactive ketones (excluding diaryl/α,β-unsaturated/α-hetero) is 1. The second kappa shape index (κ2) is 6.87. The molecule has 0 unspecified atom stereocenters. The molecule has 0 spiro atoms. The van der Waals surface area contributed by atoms with E-state index in [4.69, 9.17) is 4.74 Å². The number of methoxy groups -OCH3 is 1. The molecule has 2 aromatic carbocycles. The fourth-order valence-electron chi connectivity index (χ4n) is 2.23. The number of carbonyl (C=O) groups is 1. The lowest BCUT2D eigenvalue weighted by atomic mass is 10.1. The lowest BCUT2D eigenvalue weighted by molar-refractivity contribution is 0.0991. The summed E-state index contributed by atoms with van der Waals surface area (Å²) in [6, 6.07) is 15.9. The first-order valence-electron chi connectivity index (χ1n) is 7.36. The van der Waals surface area contributed by atoms with E-state index in [0.717, 1.165) is 5.56 Å². The molecule has 3 aromatic rings. The maximum Gasteiger partial charge on any atom is 0.273 e. The van der Waals surface area contributed by atoms with Crippen LogP contribution in [0.3, 0.4) is 0 Å². The lowest BCUT2D eigenvalue weighted by Gasteiger charge is -2.03. The minimum Gasteiger partial charge on any atom is -0.497 e. The second-order valence-corrected chi connectivity index (χ2v) is 5.14. The number of H-pyrrole nitrogens is 1. The van der Waals surface area contributed by atoms with Crippen LogP contribution in [0.4, 0.5) is 0 Å². The van der Waals surface area contributed by atoms with Crippen LogP contribution in [0.15, 0.2) is 59.4 Å². The Bertz CT molecular complexity index is 903. The van der Waals surface area contributed by atoms with Crippen LogP contribution in [-0.2, 0) is 6.42 Å². The van der Waals surface area contributed by atoms with Gasteiger partial charge in [0, 0.05) is 11.1 Å². The summed E-state index contributed by atoms with van der Waals surface area (Å²) in [5.41, 5.74) is 0.931. The number of hydrogen-bond donors (Lipinski definition) is 1. The minimum absolute atomic E-state index is 0.0931. The van der Waals surface area contributed by atoms with Crippen molar-refractivity contribution in [3.05, 3.63) is 76.2 Å². The standard InChI is InChI=1S/C18H15N3O3/c1-24-14-9-7-12(8-10-14)16(22)11-15-18(23)19-17(21-20-15)13-5-3-2-4-6-13/h2-10H,11H2,1H3,(H,19,21,23). The zero-order valence-corrected chi connectivity index (χ0v) is 13.0. The van der Waals surface area contributed by atoms with Gasteiger partial charge in [-0.05, 0) is 24.3 Å². The van der Waals surface area contributed by atoms with Crippen LogP contribution in [0.25, 0.3) is 11.4 Å². The topological polar surface area (TPSA) is 84.9 Å². The Balaban J connectivity index is 1.80. The molecule has 0 saturated heterocycles. The highest BCUT2D eigenvalue weighted by atomic mass is 16.5. The summed E-state index contributed by atoms with van der Waals surface area (Å²) in [6.45, 7) is 0. The number of rotatable bonds is 5. The van der Waals surface area contributed by atoms with Crippen LogP contribution in [0.2, 0.25) is 0 Å². The highest BCUT2D eigenvalue weighted by molar-refractivity contribution is 5.97. The van der Waals surface area contributed by atoms with Gasteiger partial charge in [0.1, 0.15) is 11.4 Å². The minimum atomic E-state index is -0.411. The third-order valence-corrected chi connectivity index (χ3v) is 3.55. The molecule has 0 saturated carbocycles. The molecule has 0 amide bonds. The Labute approximate surface area is 138 Å². The van der Waals surface area contributed by atoms with E-state index < -0.39 is 5.56 Å². The summed E-state index contributed by atoms with van der Waals surface area (Å²) >= 11 is 0. The normalized spacial score (nSPS) is 10.4. The molecule has 0 radical (unpaired) electrons. The molecule has 120 valence electrons. The van der Waals surface area contributed by atoms with Gasteiger partial charge in [-0.3, -0.25) is 9.59 Å². The second-order valence-electron chi connectivity index (χ2n) is 5.14. The van der Waals surface area contributed by atoms with Crippen molar-refractivity contribution in [2.75, 3.05) is 7.11 Å². The van der Waals surface area contributed by atoms with E-state index in [2.05, 4.69) is 15.2 Å². The first-order valence-corrected chi connectivity index (χ1v) is 7.36. The number of benzene rings is 2. The largest absolute Gasteiger partial charge is 0.497 e. The van der Waals surface area contributed by atoms with E-state index in [9.17, 15) is 9.59 Å². The van der Waals surface area contributed by atoms with Crippen LogP contribution < -0.4 is 10.3 Å². The third-order valence-electron chi connectivity index (χ3n) is 3.55. The lowest BCUT2D eigenvalue weighted by Crippen LogP contribution is -2.20. The summed E-state index contributed by atoms with van der Waals surface area (Å²) in [5, 5.41) is 7.92. The molecule has 6 nitrogen and oxygen atoms in total. The smallest absolute Gasteiger partial charge is 0.273 e. The molecule has 1 aromatic heterocycles. The molecular weight excluding hydrogens is 306 g/mol. The monoisotopic (exact) mass is 321 g/mol. The van der Waals surface area contributed by atoms with Crippen LogP contribution in [0, 0.1) is 0 Å². The molecule has 24 heavy (non-hydrogen) atoms. The number of nitrogens with one attached hydrogen (secondary N) is 1. The van der Waals surface area contributed by atoms with Gasteiger partial charge in [-0.2, -0.15) is 0 Å². The first kappa shape index (κ1) is 15.6. The van der Waals surface area contributed by atoms with Crippen LogP contribution in [0.5, 0.6) is 5.75 Å². The molecule has 0 aliphatic rings. The maximum atomic E-state index is 12.3. The van der Waals surface area contributed by atoms with Crippen molar-refractivity contribution in [1.29, 1.82) is 0 Å². The highest BCUT2D eigenvalue weighted by Gasteiger charge is 2.13. The molecule has 0 aliphatic carbocycles. The number of nitrogens with zero attached hydrogens (tertiary/aromatic N) is 2. The van der Waals surface area contributed by atoms with Gasteiger partial charge in [0.15, 0.2) is 11.6 Å². The Hall–Kier alpha value is -3.28. The summed E-state index contributed by atoms with van der Waals surface area (Å²) < 4.78 is 5.05. The fraction of sp³-hybridized carbons (Fsp3) is 0.111. The Morgan fingerprint density at radius 3 is 2.38 bits per heavy atom. The zero-order chi connectivity index (χ0) is 16.9. The van der Waals surface area contributed by atoms with E-state index in [-0.39, 0.29) is 17.9 Å². The Kier molecular flexibility index (Phi) is 4.47. The molecule has 3 rings (SSSR count). The van der Waals surface area contributed by atoms with Crippen LogP contribution >= 0.6 is 0 Å². The molecule has 0 aliphatic heterocycles. The predicted octanol–water partition coefficient (Wildman–Crippen LogP) is 2.27. The van der Waals surface area contributed by atoms with E-state index in [1.807, 2.05) is 30.3 Å². The summed E-state index contributed by atoms with van der Waals surface area (Å²) in [5.74, 6) is 0.836. The zero-order valence-electron chi connectivity index (χ0n) is 13.0. The molecule has 0 bridgehead atoms. The number of aromatic amines is 1. The van der Waals surface area contributed by atoms with Gasteiger partial charge < -0.3 is 9.72 Å². The number of carbonyl (C=O) groups excluding carboxylic acids is 1. The van der Waals surface area contributed by atoms with Gasteiger partial charge in [0.05, 0.1) is 13.5 Å². The van der Waals surface area contributed by atoms with Gasteiger partial charge in [-0.15, -0.1) is 10.2 Å². The molecule has 0 atom stereocenters. The average molecular weight is 321 g/mol. The molecular formula is C18H15N3O3. The maximum absolute atomic E-state index is 12.3. The Morgan fingerprint density at radius 2 is 1.75 bits per heavy atom. The quantitative estimate of drug-likeness (QED) is 0.729. The fourth-order valence-corrected chi connectivity index (χ4v) is 2.23. The van der Waals surface area contributed by atoms with Crippen molar-refractivity contribution in [3.8, 4) is 17.1 Å².